The third-order valence-electron chi connectivity index (χ3n) is 4.31. The summed E-state index contributed by atoms with van der Waals surface area (Å²) in [5.41, 5.74) is 1.15. The average Bonchev–Trinajstić information content (AvgIpc) is 2.90. The van der Waals surface area contributed by atoms with E-state index in [0.717, 1.165) is 12.1 Å². The highest BCUT2D eigenvalue weighted by atomic mass is 32.2. The lowest BCUT2D eigenvalue weighted by atomic mass is 10.0. The molecule has 2 N–H and O–H groups in total. The minimum absolute atomic E-state index is 0.0508. The first-order valence-corrected chi connectivity index (χ1v) is 9.34. The quantitative estimate of drug-likeness (QED) is 0.772. The van der Waals surface area contributed by atoms with Crippen molar-refractivity contribution < 1.29 is 18.3 Å². The van der Waals surface area contributed by atoms with E-state index in [1.54, 1.807) is 0 Å². The second-order valence-corrected chi connectivity index (χ2v) is 7.91. The van der Waals surface area contributed by atoms with Gasteiger partial charge in [-0.25, -0.2) is 0 Å². The van der Waals surface area contributed by atoms with Crippen molar-refractivity contribution in [2.45, 2.75) is 38.6 Å². The van der Waals surface area contributed by atoms with Gasteiger partial charge in [-0.3, -0.25) is 4.79 Å². The third-order valence-corrected chi connectivity index (χ3v) is 6.02. The highest BCUT2D eigenvalue weighted by Gasteiger charge is 2.32. The minimum Gasteiger partial charge on any atom is -0.481 e. The van der Waals surface area contributed by atoms with Gasteiger partial charge >= 0.3 is 5.97 Å². The summed E-state index contributed by atoms with van der Waals surface area (Å²) in [5, 5.41) is 9.08. The molecule has 1 aromatic rings. The highest BCUT2D eigenvalue weighted by molar-refractivity contribution is 7.87. The molecule has 1 aliphatic rings. The standard InChI is InChI=1S/C15H25N3O4S/c1-12(7-8-14-6-4-9-17(14)2)16-23(21,22)18-10-3-5-13(11-18)15(19)20/h4,6,9,12-13,16H,3,5,7-8,10-11H2,1-2H3,(H,19,20). The molecule has 0 bridgehead atoms. The van der Waals surface area contributed by atoms with Crippen LogP contribution in [0.5, 0.6) is 0 Å². The summed E-state index contributed by atoms with van der Waals surface area (Å²) in [5.74, 6) is -1.54. The van der Waals surface area contributed by atoms with Gasteiger partial charge in [0.05, 0.1) is 5.92 Å². The fourth-order valence-corrected chi connectivity index (χ4v) is 4.39. The van der Waals surface area contributed by atoms with Crippen LogP contribution in [0, 0.1) is 5.92 Å². The number of hydrogen-bond acceptors (Lipinski definition) is 3. The normalized spacial score (nSPS) is 21.2. The number of carboxylic acid groups (broad SMARTS) is 1. The van der Waals surface area contributed by atoms with E-state index < -0.39 is 22.1 Å². The fourth-order valence-electron chi connectivity index (χ4n) is 2.87. The molecule has 23 heavy (non-hydrogen) atoms. The molecule has 8 heteroatoms. The molecule has 0 aromatic carbocycles. The molecule has 2 unspecified atom stereocenters. The van der Waals surface area contributed by atoms with Crippen LogP contribution < -0.4 is 4.72 Å². The van der Waals surface area contributed by atoms with Gasteiger partial charge in [-0.2, -0.15) is 17.4 Å². The largest absolute Gasteiger partial charge is 0.481 e. The molecule has 0 radical (unpaired) electrons. The van der Waals surface area contributed by atoms with Crippen LogP contribution in [0.3, 0.4) is 0 Å². The number of nitrogens with one attached hydrogen (secondary N) is 1. The Hall–Kier alpha value is -1.38. The number of piperidine rings is 1. The van der Waals surface area contributed by atoms with Gasteiger partial charge in [0.25, 0.3) is 10.2 Å². The summed E-state index contributed by atoms with van der Waals surface area (Å²) >= 11 is 0. The van der Waals surface area contributed by atoms with Crippen LogP contribution in [0.4, 0.5) is 0 Å². The number of aliphatic carboxylic acids is 1. The van der Waals surface area contributed by atoms with Crippen LogP contribution in [-0.2, 0) is 28.5 Å². The second-order valence-electron chi connectivity index (χ2n) is 6.21. The molecule has 0 aliphatic carbocycles. The number of aromatic nitrogens is 1. The first-order valence-electron chi connectivity index (χ1n) is 7.90. The predicted molar refractivity (Wildman–Crippen MR) is 87.2 cm³/mol. The Balaban J connectivity index is 1.89. The van der Waals surface area contributed by atoms with E-state index in [2.05, 4.69) is 4.72 Å². The maximum absolute atomic E-state index is 12.4. The number of aryl methyl sites for hydroxylation is 2. The lowest BCUT2D eigenvalue weighted by molar-refractivity contribution is -0.142. The maximum atomic E-state index is 12.4. The second kappa shape index (κ2) is 7.46. The van der Waals surface area contributed by atoms with Crippen LogP contribution in [-0.4, -0.2) is 47.5 Å². The molecule has 2 heterocycles. The van der Waals surface area contributed by atoms with Crippen molar-refractivity contribution in [2.24, 2.45) is 13.0 Å². The zero-order valence-corrected chi connectivity index (χ0v) is 14.4. The van der Waals surface area contributed by atoms with Crippen molar-refractivity contribution in [2.75, 3.05) is 13.1 Å². The Morgan fingerprint density at radius 1 is 1.52 bits per heavy atom. The SMILES string of the molecule is CC(CCc1cccn1C)NS(=O)(=O)N1CCCC(C(=O)O)C1. The molecule has 0 amide bonds. The van der Waals surface area contributed by atoms with Gasteiger partial charge in [0.1, 0.15) is 0 Å². The van der Waals surface area contributed by atoms with E-state index in [1.165, 1.54) is 4.31 Å². The molecule has 1 aliphatic heterocycles. The van der Waals surface area contributed by atoms with Crippen LogP contribution in [0.1, 0.15) is 31.9 Å². The lowest BCUT2D eigenvalue weighted by Gasteiger charge is -2.30. The van der Waals surface area contributed by atoms with Crippen LogP contribution in [0.15, 0.2) is 18.3 Å². The molecule has 2 rings (SSSR count). The summed E-state index contributed by atoms with van der Waals surface area (Å²) in [6.07, 6.45) is 4.54. The highest BCUT2D eigenvalue weighted by Crippen LogP contribution is 2.19. The van der Waals surface area contributed by atoms with Gasteiger partial charge in [0.2, 0.25) is 0 Å². The van der Waals surface area contributed by atoms with Crippen molar-refractivity contribution in [3.8, 4) is 0 Å². The molecule has 130 valence electrons. The molecule has 2 atom stereocenters. The van der Waals surface area contributed by atoms with Crippen LogP contribution in [0.2, 0.25) is 0 Å². The zero-order chi connectivity index (χ0) is 17.0. The van der Waals surface area contributed by atoms with Gasteiger partial charge in [-0.05, 0) is 44.7 Å². The van der Waals surface area contributed by atoms with Gasteiger partial charge in [0.15, 0.2) is 0 Å². The van der Waals surface area contributed by atoms with Crippen LogP contribution in [0.25, 0.3) is 0 Å². The summed E-state index contributed by atoms with van der Waals surface area (Å²) < 4.78 is 30.8. The van der Waals surface area contributed by atoms with Gasteiger partial charge in [-0.1, -0.05) is 0 Å². The van der Waals surface area contributed by atoms with E-state index in [4.69, 9.17) is 5.11 Å². The molecule has 1 saturated heterocycles. The van der Waals surface area contributed by atoms with Gasteiger partial charge < -0.3 is 9.67 Å². The molecular formula is C15H25N3O4S. The molecule has 7 nitrogen and oxygen atoms in total. The summed E-state index contributed by atoms with van der Waals surface area (Å²) in [6, 6.07) is 3.77. The fraction of sp³-hybridized carbons (Fsp3) is 0.667. The summed E-state index contributed by atoms with van der Waals surface area (Å²) in [7, 11) is -1.67. The van der Waals surface area contributed by atoms with Crippen molar-refractivity contribution >= 4 is 16.2 Å². The number of carbonyl (C=O) groups is 1. The Labute approximate surface area is 137 Å². The Morgan fingerprint density at radius 3 is 2.87 bits per heavy atom. The Morgan fingerprint density at radius 2 is 2.26 bits per heavy atom. The number of nitrogens with zero attached hydrogens (tertiary/aromatic N) is 2. The van der Waals surface area contributed by atoms with Crippen molar-refractivity contribution in [3.63, 3.8) is 0 Å². The first kappa shape index (κ1) is 18.0. The van der Waals surface area contributed by atoms with E-state index in [0.29, 0.717) is 25.8 Å². The predicted octanol–water partition coefficient (Wildman–Crippen LogP) is 0.977. The van der Waals surface area contributed by atoms with E-state index in [9.17, 15) is 13.2 Å². The Kier molecular flexibility index (Phi) is 5.83. The number of carboxylic acids is 1. The smallest absolute Gasteiger partial charge is 0.307 e. The minimum atomic E-state index is -3.64. The van der Waals surface area contributed by atoms with E-state index >= 15 is 0 Å². The lowest BCUT2D eigenvalue weighted by Crippen LogP contribution is -2.49. The first-order chi connectivity index (χ1) is 10.8. The summed E-state index contributed by atoms with van der Waals surface area (Å²) in [4.78, 5) is 11.1. The topological polar surface area (TPSA) is 91.6 Å². The number of hydrogen-bond donors (Lipinski definition) is 2. The van der Waals surface area contributed by atoms with Crippen molar-refractivity contribution in [1.29, 1.82) is 0 Å². The van der Waals surface area contributed by atoms with Gasteiger partial charge in [-0.15, -0.1) is 0 Å². The molecule has 1 aromatic heterocycles. The van der Waals surface area contributed by atoms with Crippen LogP contribution >= 0.6 is 0 Å². The van der Waals surface area contributed by atoms with E-state index in [-0.39, 0.29) is 12.6 Å². The third kappa shape index (κ3) is 4.79. The number of rotatable bonds is 7. The molecule has 0 spiro atoms. The van der Waals surface area contributed by atoms with E-state index in [1.807, 2.05) is 36.9 Å². The van der Waals surface area contributed by atoms with Crippen molar-refractivity contribution in [1.82, 2.24) is 13.6 Å². The zero-order valence-electron chi connectivity index (χ0n) is 13.6. The molecule has 1 fully saturated rings. The van der Waals surface area contributed by atoms with Gasteiger partial charge in [0, 0.05) is 38.1 Å². The molecular weight excluding hydrogens is 318 g/mol. The Bertz CT molecular complexity index is 641. The maximum Gasteiger partial charge on any atom is 0.307 e. The average molecular weight is 343 g/mol. The van der Waals surface area contributed by atoms with Crippen molar-refractivity contribution in [3.05, 3.63) is 24.0 Å². The monoisotopic (exact) mass is 343 g/mol. The molecule has 0 saturated carbocycles. The summed E-state index contributed by atoms with van der Waals surface area (Å²) in [6.45, 7) is 2.26.